The second-order valence-corrected chi connectivity index (χ2v) is 9.29. The van der Waals surface area contributed by atoms with Gasteiger partial charge >= 0.3 is 12.1 Å². The van der Waals surface area contributed by atoms with E-state index in [2.05, 4.69) is 26.4 Å². The lowest BCUT2D eigenvalue weighted by Crippen LogP contribution is -2.32. The number of halogens is 1. The van der Waals surface area contributed by atoms with Crippen LogP contribution in [0.15, 0.2) is 24.3 Å². The molecule has 10 nitrogen and oxygen atoms in total. The molecule has 0 saturated carbocycles. The van der Waals surface area contributed by atoms with E-state index in [4.69, 9.17) is 16.3 Å². The zero-order valence-electron chi connectivity index (χ0n) is 18.7. The predicted octanol–water partition coefficient (Wildman–Crippen LogP) is 4.23. The van der Waals surface area contributed by atoms with E-state index in [1.165, 1.54) is 24.3 Å². The fourth-order valence-electron chi connectivity index (χ4n) is 2.71. The van der Waals surface area contributed by atoms with Gasteiger partial charge in [-0.1, -0.05) is 32.4 Å². The number of carbonyl (C=O) groups is 3. The number of hydrazine groups is 1. The van der Waals surface area contributed by atoms with Crippen molar-refractivity contribution in [3.8, 4) is 0 Å². The van der Waals surface area contributed by atoms with Crippen LogP contribution in [0.2, 0.25) is 5.15 Å². The maximum absolute atomic E-state index is 12.5. The molecule has 2 aromatic rings. The van der Waals surface area contributed by atoms with Gasteiger partial charge in [-0.25, -0.2) is 9.59 Å². The summed E-state index contributed by atoms with van der Waals surface area (Å²) in [7, 11) is 0. The number of nitrogens with one attached hydrogen (secondary N) is 3. The molecule has 0 bridgehead atoms. The van der Waals surface area contributed by atoms with Gasteiger partial charge in [-0.05, 0) is 50.5 Å². The summed E-state index contributed by atoms with van der Waals surface area (Å²) in [5, 5.41) is 19.8. The van der Waals surface area contributed by atoms with Crippen LogP contribution in [-0.4, -0.2) is 38.9 Å². The van der Waals surface area contributed by atoms with E-state index in [1.54, 1.807) is 41.5 Å². The van der Waals surface area contributed by atoms with Crippen LogP contribution in [0.4, 0.5) is 16.3 Å². The Morgan fingerprint density at radius 1 is 1.00 bits per heavy atom. The van der Waals surface area contributed by atoms with Gasteiger partial charge in [-0.2, -0.15) is 0 Å². The fourth-order valence-corrected chi connectivity index (χ4v) is 3.13. The Morgan fingerprint density at radius 3 is 2.09 bits per heavy atom. The molecule has 0 atom stereocenters. The molecular formula is C21H26ClN5O5. The van der Waals surface area contributed by atoms with E-state index in [9.17, 15) is 19.5 Å². The number of anilines is 2. The number of carboxylic acid groups (broad SMARTS) is 1. The van der Waals surface area contributed by atoms with E-state index in [-0.39, 0.29) is 27.7 Å². The number of carbonyl (C=O) groups excluding carboxylic acids is 2. The Bertz CT molecular complexity index is 1030. The molecule has 0 spiro atoms. The van der Waals surface area contributed by atoms with Crippen molar-refractivity contribution in [1.82, 2.24) is 15.6 Å². The molecule has 1 heterocycles. The molecule has 0 saturated heterocycles. The van der Waals surface area contributed by atoms with Crippen LogP contribution < -0.4 is 16.2 Å². The highest BCUT2D eigenvalue weighted by molar-refractivity contribution is 6.30. The van der Waals surface area contributed by atoms with Crippen molar-refractivity contribution in [3.63, 3.8) is 0 Å². The van der Waals surface area contributed by atoms with E-state index in [0.717, 1.165) is 0 Å². The van der Waals surface area contributed by atoms with E-state index in [1.807, 2.05) is 0 Å². The van der Waals surface area contributed by atoms with Gasteiger partial charge in [-0.3, -0.25) is 21.0 Å². The second-order valence-electron chi connectivity index (χ2n) is 8.93. The van der Waals surface area contributed by atoms with Crippen LogP contribution >= 0.6 is 11.6 Å². The summed E-state index contributed by atoms with van der Waals surface area (Å²) in [5.41, 5.74) is 4.42. The molecule has 0 aliphatic carbocycles. The summed E-state index contributed by atoms with van der Waals surface area (Å²) in [5.74, 6) is -1.97. The summed E-state index contributed by atoms with van der Waals surface area (Å²) >= 11 is 6.08. The van der Waals surface area contributed by atoms with Gasteiger partial charge in [0.25, 0.3) is 5.91 Å². The van der Waals surface area contributed by atoms with Crippen LogP contribution in [-0.2, 0) is 10.2 Å². The number of aromatic carboxylic acids is 1. The molecule has 1 aromatic carbocycles. The lowest BCUT2D eigenvalue weighted by Gasteiger charge is -2.23. The van der Waals surface area contributed by atoms with Gasteiger partial charge in [0.05, 0.1) is 0 Å². The average Bonchev–Trinajstić information content (AvgIpc) is 2.64. The number of hydrogen-bond donors (Lipinski definition) is 4. The number of amides is 2. The van der Waals surface area contributed by atoms with Crippen molar-refractivity contribution in [2.75, 3.05) is 10.7 Å². The van der Waals surface area contributed by atoms with Crippen molar-refractivity contribution in [3.05, 3.63) is 46.1 Å². The Labute approximate surface area is 190 Å². The molecule has 0 radical (unpaired) electrons. The largest absolute Gasteiger partial charge is 0.478 e. The molecule has 0 aliphatic rings. The molecule has 2 rings (SSSR count). The lowest BCUT2D eigenvalue weighted by molar-refractivity contribution is 0.0634. The van der Waals surface area contributed by atoms with Crippen molar-refractivity contribution >= 4 is 41.1 Å². The highest BCUT2D eigenvalue weighted by atomic mass is 35.5. The minimum atomic E-state index is -1.26. The van der Waals surface area contributed by atoms with Gasteiger partial charge in [-0.15, -0.1) is 10.2 Å². The predicted molar refractivity (Wildman–Crippen MR) is 120 cm³/mol. The zero-order valence-corrected chi connectivity index (χ0v) is 19.4. The van der Waals surface area contributed by atoms with Gasteiger partial charge in [0, 0.05) is 16.8 Å². The first-order valence-electron chi connectivity index (χ1n) is 9.65. The summed E-state index contributed by atoms with van der Waals surface area (Å²) in [4.78, 5) is 36.1. The Balaban J connectivity index is 2.13. The van der Waals surface area contributed by atoms with Crippen molar-refractivity contribution in [2.45, 2.75) is 52.6 Å². The number of nitrogens with zero attached hydrogens (tertiary/aromatic N) is 2. The van der Waals surface area contributed by atoms with Crippen LogP contribution in [0.5, 0.6) is 0 Å². The number of benzene rings is 1. The first-order chi connectivity index (χ1) is 14.7. The van der Waals surface area contributed by atoms with E-state index >= 15 is 0 Å². The summed E-state index contributed by atoms with van der Waals surface area (Å²) in [6.45, 7) is 10.6. The highest BCUT2D eigenvalue weighted by Crippen LogP contribution is 2.33. The number of ether oxygens (including phenoxy) is 1. The number of aromatic nitrogens is 2. The third-order valence-electron chi connectivity index (χ3n) is 3.98. The highest BCUT2D eigenvalue weighted by Gasteiger charge is 2.29. The molecule has 11 heteroatoms. The second kappa shape index (κ2) is 9.39. The van der Waals surface area contributed by atoms with Gasteiger partial charge in [0.1, 0.15) is 11.2 Å². The van der Waals surface area contributed by atoms with Gasteiger partial charge in [0.2, 0.25) is 0 Å². The molecular weight excluding hydrogens is 438 g/mol. The topological polar surface area (TPSA) is 143 Å². The van der Waals surface area contributed by atoms with Crippen molar-refractivity contribution in [2.24, 2.45) is 0 Å². The number of rotatable bonds is 5. The minimum Gasteiger partial charge on any atom is -0.478 e. The lowest BCUT2D eigenvalue weighted by atomic mass is 9.85. The zero-order chi connectivity index (χ0) is 24.3. The van der Waals surface area contributed by atoms with Crippen molar-refractivity contribution < 1.29 is 24.2 Å². The molecule has 1 aromatic heterocycles. The molecule has 0 aliphatic heterocycles. The fraction of sp³-hybridized carbons (Fsp3) is 0.381. The first kappa shape index (κ1) is 24.9. The molecule has 0 fully saturated rings. The molecule has 2 amide bonds. The first-order valence-corrected chi connectivity index (χ1v) is 10.0. The minimum absolute atomic E-state index is 0.0279. The number of carboxylic acids is 1. The van der Waals surface area contributed by atoms with Crippen molar-refractivity contribution in [1.29, 1.82) is 0 Å². The third kappa shape index (κ3) is 6.55. The van der Waals surface area contributed by atoms with Gasteiger partial charge < -0.3 is 9.84 Å². The molecule has 0 unspecified atom stereocenters. The molecule has 32 heavy (non-hydrogen) atoms. The average molecular weight is 464 g/mol. The standard InChI is InChI=1S/C21H26ClN5O5/c1-20(2,3)14-13(18(29)30)16(25-24-15(14)22)26-27-17(28)11-7-9-12(10-8-11)23-19(31)32-21(4,5)6/h7-10H,1-6H3,(H,23,31)(H,25,26)(H,27,28)(H,29,30). The SMILES string of the molecule is CC(C)(C)OC(=O)Nc1ccc(C(=O)NNc2nnc(Cl)c(C(C)(C)C)c2C(=O)O)cc1. The summed E-state index contributed by atoms with van der Waals surface area (Å²) in [6, 6.07) is 6.02. The summed E-state index contributed by atoms with van der Waals surface area (Å²) in [6.07, 6.45) is -0.617. The van der Waals surface area contributed by atoms with Crippen LogP contribution in [0.1, 0.15) is 67.8 Å². The Hall–Kier alpha value is -3.40. The Kier molecular flexibility index (Phi) is 7.30. The van der Waals surface area contributed by atoms with Crippen LogP contribution in [0.25, 0.3) is 0 Å². The Morgan fingerprint density at radius 2 is 1.59 bits per heavy atom. The number of hydrogen-bond acceptors (Lipinski definition) is 7. The summed E-state index contributed by atoms with van der Waals surface area (Å²) < 4.78 is 5.17. The van der Waals surface area contributed by atoms with E-state index < -0.39 is 29.0 Å². The van der Waals surface area contributed by atoms with Gasteiger partial charge in [0.15, 0.2) is 11.0 Å². The van der Waals surface area contributed by atoms with Crippen LogP contribution in [0.3, 0.4) is 0 Å². The normalized spacial score (nSPS) is 11.5. The van der Waals surface area contributed by atoms with Crippen LogP contribution in [0, 0.1) is 0 Å². The quantitative estimate of drug-likeness (QED) is 0.482. The molecule has 172 valence electrons. The smallest absolute Gasteiger partial charge is 0.412 e. The maximum Gasteiger partial charge on any atom is 0.412 e. The molecule has 4 N–H and O–H groups in total. The monoisotopic (exact) mass is 463 g/mol. The third-order valence-corrected chi connectivity index (χ3v) is 4.25. The maximum atomic E-state index is 12.5. The van der Waals surface area contributed by atoms with E-state index in [0.29, 0.717) is 5.69 Å².